The van der Waals surface area contributed by atoms with E-state index in [2.05, 4.69) is 10.6 Å². The number of aliphatic carboxylic acids is 2. The smallest absolute Gasteiger partial charge is 0.413 e. The summed E-state index contributed by atoms with van der Waals surface area (Å²) in [6.07, 6.45) is -2.09. The number of ether oxygens (including phenoxy) is 1. The number of hydrogen-bond donors (Lipinski definition) is 7. The second kappa shape index (κ2) is 9.12. The molecule has 0 radical (unpaired) electrons. The Hall–Kier alpha value is -3.70. The summed E-state index contributed by atoms with van der Waals surface area (Å²) in [6, 6.07) is -1.08. The summed E-state index contributed by atoms with van der Waals surface area (Å²) in [5, 5.41) is 49.6. The predicted molar refractivity (Wildman–Crippen MR) is 86.5 cm³/mol. The van der Waals surface area contributed by atoms with Crippen LogP contribution in [0.5, 0.6) is 23.0 Å². The van der Waals surface area contributed by atoms with E-state index in [1.165, 1.54) is 6.92 Å². The maximum atomic E-state index is 12.1. The lowest BCUT2D eigenvalue weighted by Gasteiger charge is -2.19. The topological polar surface area (TPSA) is 203 Å². The molecule has 0 spiro atoms. The molecule has 1 aromatic carbocycles. The van der Waals surface area contributed by atoms with Crippen molar-refractivity contribution in [3.8, 4) is 23.0 Å². The molecule has 0 bridgehead atoms. The van der Waals surface area contributed by atoms with Crippen LogP contribution in [0.1, 0.15) is 19.8 Å². The molecule has 2 amide bonds. The summed E-state index contributed by atoms with van der Waals surface area (Å²) in [5.74, 6) is -6.28. The van der Waals surface area contributed by atoms with E-state index in [0.717, 1.165) is 12.1 Å². The van der Waals surface area contributed by atoms with Crippen molar-refractivity contribution in [3.05, 3.63) is 12.1 Å². The molecule has 0 aliphatic rings. The van der Waals surface area contributed by atoms with Gasteiger partial charge in [-0.2, -0.15) is 0 Å². The minimum Gasteiger partial charge on any atom is -0.504 e. The molecule has 27 heavy (non-hydrogen) atoms. The van der Waals surface area contributed by atoms with Crippen molar-refractivity contribution in [1.29, 1.82) is 0 Å². The van der Waals surface area contributed by atoms with Crippen molar-refractivity contribution in [3.63, 3.8) is 0 Å². The lowest BCUT2D eigenvalue weighted by atomic mass is 10.1. The van der Waals surface area contributed by atoms with Crippen LogP contribution in [0.15, 0.2) is 12.1 Å². The first-order valence-corrected chi connectivity index (χ1v) is 7.49. The van der Waals surface area contributed by atoms with E-state index < -0.39 is 59.7 Å². The van der Waals surface area contributed by atoms with Gasteiger partial charge in [-0.05, 0) is 13.3 Å². The molecule has 12 nitrogen and oxygen atoms in total. The van der Waals surface area contributed by atoms with Crippen LogP contribution in [0.2, 0.25) is 0 Å². The number of phenols is 3. The number of carbonyl (C=O) groups is 4. The fourth-order valence-corrected chi connectivity index (χ4v) is 1.83. The van der Waals surface area contributed by atoms with E-state index in [4.69, 9.17) is 14.9 Å². The predicted octanol–water partition coefficient (Wildman–Crippen LogP) is -0.286. The van der Waals surface area contributed by atoms with Gasteiger partial charge in [0.15, 0.2) is 11.5 Å². The molecular formula is C15H18N2O10. The molecule has 2 atom stereocenters. The molecule has 12 heteroatoms. The SMILES string of the molecule is C[C@@H](NC(=O)[C@H](CCC(=O)O)NC(=O)Oc1cc(O)c(O)c(O)c1)C(=O)O. The lowest BCUT2D eigenvalue weighted by molar-refractivity contribution is -0.142. The van der Waals surface area contributed by atoms with Crippen LogP contribution in [0.4, 0.5) is 4.79 Å². The van der Waals surface area contributed by atoms with Gasteiger partial charge in [-0.15, -0.1) is 0 Å². The quantitative estimate of drug-likeness (QED) is 0.291. The van der Waals surface area contributed by atoms with Gasteiger partial charge in [-0.1, -0.05) is 0 Å². The number of phenolic OH excluding ortho intramolecular Hbond substituents is 3. The Morgan fingerprint density at radius 2 is 1.59 bits per heavy atom. The molecular weight excluding hydrogens is 368 g/mol. The summed E-state index contributed by atoms with van der Waals surface area (Å²) >= 11 is 0. The van der Waals surface area contributed by atoms with Crippen molar-refractivity contribution in [2.45, 2.75) is 31.8 Å². The second-order valence-electron chi connectivity index (χ2n) is 5.40. The van der Waals surface area contributed by atoms with E-state index in [9.17, 15) is 34.5 Å². The van der Waals surface area contributed by atoms with Gasteiger partial charge < -0.3 is 40.9 Å². The number of hydrogen-bond acceptors (Lipinski definition) is 8. The van der Waals surface area contributed by atoms with Gasteiger partial charge in [0.25, 0.3) is 0 Å². The molecule has 148 valence electrons. The van der Waals surface area contributed by atoms with Crippen LogP contribution >= 0.6 is 0 Å². The summed E-state index contributed by atoms with van der Waals surface area (Å²) in [7, 11) is 0. The van der Waals surface area contributed by atoms with E-state index in [-0.39, 0.29) is 12.2 Å². The molecule has 0 saturated carbocycles. The lowest BCUT2D eigenvalue weighted by Crippen LogP contribution is -2.51. The highest BCUT2D eigenvalue weighted by atomic mass is 16.6. The third-order valence-corrected chi connectivity index (χ3v) is 3.24. The van der Waals surface area contributed by atoms with Gasteiger partial charge in [0.2, 0.25) is 11.7 Å². The highest BCUT2D eigenvalue weighted by molar-refractivity contribution is 5.89. The standard InChI is InChI=1S/C15H18N2O10/c1-6(14(24)25)16-13(23)8(2-3-11(20)21)17-15(26)27-7-4-9(18)12(22)10(19)5-7/h4-6,8,18-19,22H,2-3H2,1H3,(H,16,23)(H,17,26)(H,20,21)(H,24,25)/t6-,8+/m1/s1. The average Bonchev–Trinajstić information content (AvgIpc) is 2.55. The Labute approximate surface area is 152 Å². The Morgan fingerprint density at radius 1 is 1.04 bits per heavy atom. The highest BCUT2D eigenvalue weighted by Gasteiger charge is 2.26. The molecule has 0 aliphatic heterocycles. The first-order chi connectivity index (χ1) is 12.5. The number of rotatable bonds is 8. The molecule has 0 saturated heterocycles. The van der Waals surface area contributed by atoms with E-state index in [1.54, 1.807) is 0 Å². The van der Waals surface area contributed by atoms with Gasteiger partial charge >= 0.3 is 18.0 Å². The monoisotopic (exact) mass is 386 g/mol. The Morgan fingerprint density at radius 3 is 2.07 bits per heavy atom. The van der Waals surface area contributed by atoms with E-state index >= 15 is 0 Å². The Kier molecular flexibility index (Phi) is 7.21. The van der Waals surface area contributed by atoms with Crippen LogP contribution in [0, 0.1) is 0 Å². The average molecular weight is 386 g/mol. The minimum absolute atomic E-state index is 0.352. The number of amides is 2. The number of aromatic hydroxyl groups is 3. The second-order valence-corrected chi connectivity index (χ2v) is 5.40. The molecule has 1 rings (SSSR count). The van der Waals surface area contributed by atoms with Crippen LogP contribution in [-0.2, 0) is 14.4 Å². The van der Waals surface area contributed by atoms with Crippen molar-refractivity contribution in [2.24, 2.45) is 0 Å². The zero-order chi connectivity index (χ0) is 20.7. The highest BCUT2D eigenvalue weighted by Crippen LogP contribution is 2.38. The van der Waals surface area contributed by atoms with E-state index in [0.29, 0.717) is 0 Å². The van der Waals surface area contributed by atoms with Gasteiger partial charge in [0.1, 0.15) is 17.8 Å². The maximum absolute atomic E-state index is 12.1. The summed E-state index contributed by atoms with van der Waals surface area (Å²) in [6.45, 7) is 1.18. The van der Waals surface area contributed by atoms with Crippen LogP contribution in [0.3, 0.4) is 0 Å². The van der Waals surface area contributed by atoms with Gasteiger partial charge in [0, 0.05) is 18.6 Å². The third kappa shape index (κ3) is 6.61. The van der Waals surface area contributed by atoms with Crippen LogP contribution < -0.4 is 15.4 Å². The molecule has 1 aromatic rings. The first kappa shape index (κ1) is 21.3. The minimum atomic E-state index is -1.42. The zero-order valence-electron chi connectivity index (χ0n) is 14.0. The van der Waals surface area contributed by atoms with Gasteiger partial charge in [-0.3, -0.25) is 14.4 Å². The third-order valence-electron chi connectivity index (χ3n) is 3.24. The van der Waals surface area contributed by atoms with Crippen molar-refractivity contribution >= 4 is 23.9 Å². The van der Waals surface area contributed by atoms with Crippen LogP contribution in [0.25, 0.3) is 0 Å². The van der Waals surface area contributed by atoms with Crippen molar-refractivity contribution in [2.75, 3.05) is 0 Å². The molecule has 0 fully saturated rings. The van der Waals surface area contributed by atoms with Gasteiger partial charge in [-0.25, -0.2) is 4.79 Å². The van der Waals surface area contributed by atoms with Gasteiger partial charge in [0.05, 0.1) is 0 Å². The number of carboxylic acids is 2. The van der Waals surface area contributed by atoms with E-state index in [1.807, 2.05) is 0 Å². The largest absolute Gasteiger partial charge is 0.504 e. The number of nitrogens with one attached hydrogen (secondary N) is 2. The number of carbonyl (C=O) groups excluding carboxylic acids is 2. The fourth-order valence-electron chi connectivity index (χ4n) is 1.83. The molecule has 0 unspecified atom stereocenters. The Balaban J connectivity index is 2.84. The zero-order valence-corrected chi connectivity index (χ0v) is 14.0. The number of carboxylic acid groups (broad SMARTS) is 2. The van der Waals surface area contributed by atoms with Crippen molar-refractivity contribution in [1.82, 2.24) is 10.6 Å². The summed E-state index contributed by atoms with van der Waals surface area (Å²) in [5.41, 5.74) is 0. The number of benzene rings is 1. The van der Waals surface area contributed by atoms with Crippen molar-refractivity contribution < 1.29 is 49.4 Å². The summed E-state index contributed by atoms with van der Waals surface area (Å²) < 4.78 is 4.75. The fraction of sp³-hybridized carbons (Fsp3) is 0.333. The molecule has 0 aliphatic carbocycles. The molecule has 0 aromatic heterocycles. The molecule has 7 N–H and O–H groups in total. The first-order valence-electron chi connectivity index (χ1n) is 7.49. The molecule has 0 heterocycles. The summed E-state index contributed by atoms with van der Waals surface area (Å²) in [4.78, 5) is 45.4. The normalized spacial score (nSPS) is 12.5. The Bertz CT molecular complexity index is 725. The maximum Gasteiger partial charge on any atom is 0.413 e. The van der Waals surface area contributed by atoms with Crippen LogP contribution in [-0.4, -0.2) is 61.6 Å².